The van der Waals surface area contributed by atoms with E-state index in [0.29, 0.717) is 30.2 Å². The molecule has 2 heterocycles. The zero-order valence-corrected chi connectivity index (χ0v) is 17.9. The van der Waals surface area contributed by atoms with E-state index in [1.165, 1.54) is 28.6 Å². The Hall–Kier alpha value is -3.04. The number of nitrogens with zero attached hydrogens (tertiary/aromatic N) is 3. The summed E-state index contributed by atoms with van der Waals surface area (Å²) in [4.78, 5) is 17.3. The predicted octanol–water partition coefficient (Wildman–Crippen LogP) is 3.65. The molecular formula is C22H23FN4O3S. The van der Waals surface area contributed by atoms with Crippen LogP contribution in [0.25, 0.3) is 11.3 Å². The molecule has 1 aliphatic heterocycles. The topological polar surface area (TPSA) is 84.3 Å². The number of aromatic nitrogens is 2. The molecule has 0 spiro atoms. The van der Waals surface area contributed by atoms with Crippen molar-refractivity contribution in [2.75, 3.05) is 18.4 Å². The Morgan fingerprint density at radius 2 is 1.77 bits per heavy atom. The Morgan fingerprint density at radius 1 is 1.06 bits per heavy atom. The van der Waals surface area contributed by atoms with Crippen LogP contribution in [0.2, 0.25) is 0 Å². The SMILES string of the molecule is Cn1cnc(-c2ccc(F)cc2)c1NC(=O)c1cccc(S(=O)(=O)N2CCCCC2)c1. The first kappa shape index (κ1) is 21.2. The smallest absolute Gasteiger partial charge is 0.256 e. The number of hydrogen-bond acceptors (Lipinski definition) is 4. The van der Waals surface area contributed by atoms with Crippen molar-refractivity contribution >= 4 is 21.7 Å². The van der Waals surface area contributed by atoms with E-state index in [0.717, 1.165) is 19.3 Å². The van der Waals surface area contributed by atoms with Crippen molar-refractivity contribution in [1.82, 2.24) is 13.9 Å². The molecule has 0 radical (unpaired) electrons. The van der Waals surface area contributed by atoms with Crippen LogP contribution in [0, 0.1) is 5.82 Å². The van der Waals surface area contributed by atoms with Gasteiger partial charge in [-0.25, -0.2) is 17.8 Å². The number of halogens is 1. The molecule has 4 rings (SSSR count). The minimum absolute atomic E-state index is 0.103. The molecule has 0 aliphatic carbocycles. The average Bonchev–Trinajstić information content (AvgIpc) is 3.15. The van der Waals surface area contributed by atoms with Gasteiger partial charge in [-0.15, -0.1) is 0 Å². The Bertz CT molecular complexity index is 1200. The highest BCUT2D eigenvalue weighted by Gasteiger charge is 2.26. The van der Waals surface area contributed by atoms with Gasteiger partial charge in [-0.1, -0.05) is 12.5 Å². The summed E-state index contributed by atoms with van der Waals surface area (Å²) >= 11 is 0. The molecule has 0 atom stereocenters. The standard InChI is InChI=1S/C22H23FN4O3S/c1-26-15-24-20(16-8-10-18(23)11-9-16)21(26)25-22(28)17-6-5-7-19(14-17)31(29,30)27-12-3-2-4-13-27/h5-11,14-15H,2-4,12-13H2,1H3,(H,25,28). The number of piperidine rings is 1. The van der Waals surface area contributed by atoms with Crippen LogP contribution in [0.5, 0.6) is 0 Å². The molecule has 3 aromatic rings. The van der Waals surface area contributed by atoms with E-state index in [2.05, 4.69) is 10.3 Å². The van der Waals surface area contributed by atoms with Gasteiger partial charge in [0.1, 0.15) is 17.3 Å². The van der Waals surface area contributed by atoms with Gasteiger partial charge in [0, 0.05) is 31.3 Å². The van der Waals surface area contributed by atoms with Gasteiger partial charge >= 0.3 is 0 Å². The second-order valence-electron chi connectivity index (χ2n) is 7.51. The molecule has 1 N–H and O–H groups in total. The monoisotopic (exact) mass is 442 g/mol. The van der Waals surface area contributed by atoms with Crippen molar-refractivity contribution in [3.63, 3.8) is 0 Å². The van der Waals surface area contributed by atoms with E-state index in [-0.39, 0.29) is 16.3 Å². The second-order valence-corrected chi connectivity index (χ2v) is 9.44. The zero-order chi connectivity index (χ0) is 22.0. The first-order valence-corrected chi connectivity index (χ1v) is 11.5. The summed E-state index contributed by atoms with van der Waals surface area (Å²) in [5.41, 5.74) is 1.37. The van der Waals surface area contributed by atoms with E-state index in [9.17, 15) is 17.6 Å². The largest absolute Gasteiger partial charge is 0.320 e. The molecule has 1 amide bonds. The number of sulfonamides is 1. The van der Waals surface area contributed by atoms with E-state index in [1.807, 2.05) is 0 Å². The van der Waals surface area contributed by atoms with E-state index >= 15 is 0 Å². The fraction of sp³-hybridized carbons (Fsp3) is 0.273. The van der Waals surface area contributed by atoms with Crippen LogP contribution in [0.3, 0.4) is 0 Å². The lowest BCUT2D eigenvalue weighted by Crippen LogP contribution is -2.35. The lowest BCUT2D eigenvalue weighted by molar-refractivity contribution is 0.102. The minimum atomic E-state index is -3.64. The summed E-state index contributed by atoms with van der Waals surface area (Å²) in [7, 11) is -1.91. The number of anilines is 1. The molecule has 0 bridgehead atoms. The normalized spacial score (nSPS) is 15.0. The molecule has 9 heteroatoms. The van der Waals surface area contributed by atoms with Gasteiger partial charge in [-0.05, 0) is 55.3 Å². The molecule has 162 valence electrons. The number of imidazole rings is 1. The molecule has 31 heavy (non-hydrogen) atoms. The highest BCUT2D eigenvalue weighted by Crippen LogP contribution is 2.27. The predicted molar refractivity (Wildman–Crippen MR) is 116 cm³/mol. The molecule has 1 saturated heterocycles. The number of aryl methyl sites for hydroxylation is 1. The first-order chi connectivity index (χ1) is 14.9. The average molecular weight is 443 g/mol. The van der Waals surface area contributed by atoms with E-state index in [4.69, 9.17) is 0 Å². The van der Waals surface area contributed by atoms with Gasteiger partial charge in [-0.3, -0.25) is 4.79 Å². The number of carbonyl (C=O) groups is 1. The van der Waals surface area contributed by atoms with Crippen molar-refractivity contribution in [1.29, 1.82) is 0 Å². The quantitative estimate of drug-likeness (QED) is 0.654. The van der Waals surface area contributed by atoms with Crippen molar-refractivity contribution in [3.8, 4) is 11.3 Å². The Morgan fingerprint density at radius 3 is 2.48 bits per heavy atom. The number of carbonyl (C=O) groups excluding carboxylic acids is 1. The Kier molecular flexibility index (Phi) is 5.88. The maximum absolute atomic E-state index is 13.3. The highest BCUT2D eigenvalue weighted by atomic mass is 32.2. The maximum Gasteiger partial charge on any atom is 0.256 e. The fourth-order valence-electron chi connectivity index (χ4n) is 3.63. The molecule has 0 unspecified atom stereocenters. The zero-order valence-electron chi connectivity index (χ0n) is 17.1. The van der Waals surface area contributed by atoms with Gasteiger partial charge in [0.15, 0.2) is 0 Å². The van der Waals surface area contributed by atoms with Crippen LogP contribution in [0.15, 0.2) is 59.8 Å². The number of hydrogen-bond donors (Lipinski definition) is 1. The van der Waals surface area contributed by atoms with Gasteiger partial charge in [0.2, 0.25) is 10.0 Å². The van der Waals surface area contributed by atoms with E-state index in [1.54, 1.807) is 42.2 Å². The summed E-state index contributed by atoms with van der Waals surface area (Å²) in [6, 6.07) is 11.9. The van der Waals surface area contributed by atoms with Crippen LogP contribution >= 0.6 is 0 Å². The molecule has 7 nitrogen and oxygen atoms in total. The Labute approximate surface area is 180 Å². The minimum Gasteiger partial charge on any atom is -0.320 e. The summed E-state index contributed by atoms with van der Waals surface area (Å²) < 4.78 is 42.3. The third-order valence-corrected chi connectivity index (χ3v) is 7.23. The molecule has 0 saturated carbocycles. The van der Waals surface area contributed by atoms with Crippen molar-refractivity contribution < 1.29 is 17.6 Å². The van der Waals surface area contributed by atoms with Crippen molar-refractivity contribution in [3.05, 3.63) is 66.2 Å². The first-order valence-electron chi connectivity index (χ1n) is 10.0. The highest BCUT2D eigenvalue weighted by molar-refractivity contribution is 7.89. The molecular weight excluding hydrogens is 419 g/mol. The number of amides is 1. The van der Waals surface area contributed by atoms with Crippen LogP contribution in [-0.4, -0.2) is 41.3 Å². The van der Waals surface area contributed by atoms with Crippen molar-refractivity contribution in [2.45, 2.75) is 24.2 Å². The van der Waals surface area contributed by atoms with Crippen LogP contribution < -0.4 is 5.32 Å². The maximum atomic E-state index is 13.3. The number of rotatable bonds is 5. The Balaban J connectivity index is 1.60. The van der Waals surface area contributed by atoms with Crippen LogP contribution in [0.1, 0.15) is 29.6 Å². The number of nitrogens with one attached hydrogen (secondary N) is 1. The van der Waals surface area contributed by atoms with Crippen LogP contribution in [0.4, 0.5) is 10.2 Å². The summed E-state index contributed by atoms with van der Waals surface area (Å²) in [6.45, 7) is 0.990. The van der Waals surface area contributed by atoms with Crippen molar-refractivity contribution in [2.24, 2.45) is 7.05 Å². The third kappa shape index (κ3) is 4.38. The lowest BCUT2D eigenvalue weighted by Gasteiger charge is -2.26. The van der Waals surface area contributed by atoms with Gasteiger partial charge in [-0.2, -0.15) is 4.31 Å². The molecule has 1 aromatic heterocycles. The third-order valence-electron chi connectivity index (χ3n) is 5.34. The van der Waals surface area contributed by atoms with Gasteiger partial charge in [0.05, 0.1) is 11.2 Å². The summed E-state index contributed by atoms with van der Waals surface area (Å²) in [6.07, 6.45) is 4.25. The second kappa shape index (κ2) is 8.60. The number of benzene rings is 2. The van der Waals surface area contributed by atoms with E-state index < -0.39 is 15.9 Å². The van der Waals surface area contributed by atoms with Gasteiger partial charge in [0.25, 0.3) is 5.91 Å². The summed E-state index contributed by atoms with van der Waals surface area (Å²) in [5, 5.41) is 2.81. The van der Waals surface area contributed by atoms with Crippen LogP contribution in [-0.2, 0) is 17.1 Å². The summed E-state index contributed by atoms with van der Waals surface area (Å²) in [5.74, 6) is -0.388. The fourth-order valence-corrected chi connectivity index (χ4v) is 5.19. The molecule has 2 aromatic carbocycles. The molecule has 1 aliphatic rings. The molecule has 1 fully saturated rings. The van der Waals surface area contributed by atoms with Gasteiger partial charge < -0.3 is 9.88 Å². The lowest BCUT2D eigenvalue weighted by atomic mass is 10.1.